The first-order chi connectivity index (χ1) is 30.0. The lowest BCUT2D eigenvalue weighted by atomic mass is 10.0. The molecule has 0 N–H and O–H groups in total. The molecular weight excluding hydrogens is 757 g/mol. The Labute approximate surface area is 377 Å². The molecule has 0 aromatic rings. The fraction of sp³-hybridized carbons (Fsp3) is 0.764. The molecule has 0 aliphatic heterocycles. The molecule has 0 fully saturated rings. The summed E-state index contributed by atoms with van der Waals surface area (Å²) in [7, 11) is 0. The first kappa shape index (κ1) is 58.1. The van der Waals surface area contributed by atoms with Crippen molar-refractivity contribution in [1.82, 2.24) is 0 Å². The highest BCUT2D eigenvalue weighted by atomic mass is 16.6. The molecule has 0 aliphatic rings. The van der Waals surface area contributed by atoms with Crippen LogP contribution in [0.4, 0.5) is 0 Å². The Hall–Kier alpha value is -2.89. The van der Waals surface area contributed by atoms with Gasteiger partial charge in [-0.25, -0.2) is 0 Å². The highest BCUT2D eigenvalue weighted by Crippen LogP contribution is 2.15. The molecule has 1 unspecified atom stereocenters. The van der Waals surface area contributed by atoms with E-state index in [-0.39, 0.29) is 31.1 Å². The molecule has 0 aromatic heterocycles. The van der Waals surface area contributed by atoms with E-state index in [1.165, 1.54) is 109 Å². The molecule has 352 valence electrons. The Morgan fingerprint density at radius 3 is 1.07 bits per heavy atom. The molecule has 0 rings (SSSR count). The van der Waals surface area contributed by atoms with Gasteiger partial charge in [0.25, 0.3) is 0 Å². The molecule has 0 bridgehead atoms. The zero-order valence-corrected chi connectivity index (χ0v) is 40.2. The summed E-state index contributed by atoms with van der Waals surface area (Å²) in [6, 6.07) is 0. The predicted octanol–water partition coefficient (Wildman–Crippen LogP) is 16.9. The number of ether oxygens (including phenoxy) is 3. The molecule has 0 radical (unpaired) electrons. The van der Waals surface area contributed by atoms with Gasteiger partial charge in [-0.05, 0) is 77.0 Å². The Kier molecular flexibility index (Phi) is 47.4. The molecule has 0 aromatic carbocycles. The second-order valence-electron chi connectivity index (χ2n) is 17.1. The average Bonchev–Trinajstić information content (AvgIpc) is 3.26. The van der Waals surface area contributed by atoms with Crippen LogP contribution < -0.4 is 0 Å². The van der Waals surface area contributed by atoms with Crippen LogP contribution in [0.25, 0.3) is 0 Å². The van der Waals surface area contributed by atoms with Gasteiger partial charge in [0.15, 0.2) is 6.10 Å². The van der Waals surface area contributed by atoms with Gasteiger partial charge in [0.2, 0.25) is 0 Å². The molecule has 0 saturated heterocycles. The maximum Gasteiger partial charge on any atom is 0.306 e. The van der Waals surface area contributed by atoms with Gasteiger partial charge in [-0.2, -0.15) is 0 Å². The van der Waals surface area contributed by atoms with Crippen molar-refractivity contribution >= 4 is 17.9 Å². The second-order valence-corrected chi connectivity index (χ2v) is 17.1. The normalized spacial score (nSPS) is 12.5. The highest BCUT2D eigenvalue weighted by Gasteiger charge is 2.19. The monoisotopic (exact) mass is 853 g/mol. The van der Waals surface area contributed by atoms with E-state index >= 15 is 0 Å². The second kappa shape index (κ2) is 49.8. The van der Waals surface area contributed by atoms with Crippen LogP contribution in [0.5, 0.6) is 0 Å². The molecule has 0 saturated carbocycles. The Morgan fingerprint density at radius 2 is 0.656 bits per heavy atom. The van der Waals surface area contributed by atoms with Crippen molar-refractivity contribution in [2.24, 2.45) is 0 Å². The summed E-state index contributed by atoms with van der Waals surface area (Å²) in [5, 5.41) is 0. The number of unbranched alkanes of at least 4 members (excludes halogenated alkanes) is 25. The lowest BCUT2D eigenvalue weighted by molar-refractivity contribution is -0.167. The number of carbonyl (C=O) groups is 3. The summed E-state index contributed by atoms with van der Waals surface area (Å²) in [6.07, 6.45) is 60.6. The quantitative estimate of drug-likeness (QED) is 0.0263. The van der Waals surface area contributed by atoms with Gasteiger partial charge >= 0.3 is 17.9 Å². The molecule has 0 amide bonds. The van der Waals surface area contributed by atoms with Gasteiger partial charge < -0.3 is 14.2 Å². The summed E-state index contributed by atoms with van der Waals surface area (Å²) >= 11 is 0. The molecule has 6 heteroatoms. The average molecular weight is 853 g/mol. The third-order valence-corrected chi connectivity index (χ3v) is 11.0. The van der Waals surface area contributed by atoms with Gasteiger partial charge in [0.1, 0.15) is 13.2 Å². The molecule has 6 nitrogen and oxygen atoms in total. The SMILES string of the molecule is CC/C=C\C/C=C\C/C=C\C/C=C\CCCCCCC(=O)OCC(COC(=O)CCCCCCC/C=C\CCCC)OC(=O)CCCCCCCCCCCCCCCCC. The van der Waals surface area contributed by atoms with E-state index in [0.717, 1.165) is 103 Å². The number of rotatable bonds is 46. The minimum absolute atomic E-state index is 0.0849. The molecule has 0 heterocycles. The van der Waals surface area contributed by atoms with Gasteiger partial charge in [0.05, 0.1) is 0 Å². The first-order valence-electron chi connectivity index (χ1n) is 25.8. The number of hydrogen-bond donors (Lipinski definition) is 0. The Morgan fingerprint density at radius 1 is 0.344 bits per heavy atom. The molecular formula is C55H96O6. The van der Waals surface area contributed by atoms with Crippen molar-refractivity contribution in [2.45, 2.75) is 258 Å². The van der Waals surface area contributed by atoms with Gasteiger partial charge in [-0.15, -0.1) is 0 Å². The van der Waals surface area contributed by atoms with Crippen molar-refractivity contribution in [1.29, 1.82) is 0 Å². The molecule has 1 atom stereocenters. The maximum absolute atomic E-state index is 12.8. The van der Waals surface area contributed by atoms with Crippen LogP contribution >= 0.6 is 0 Å². The number of esters is 3. The van der Waals surface area contributed by atoms with Gasteiger partial charge in [0, 0.05) is 19.3 Å². The standard InChI is InChI=1S/C55H96O6/c1-4-7-10-13-16-19-22-24-26-27-29-30-33-36-39-42-45-48-54(57)60-51-52(50-59-53(56)47-44-41-38-35-32-21-18-15-12-9-6-3)61-55(58)49-46-43-40-37-34-31-28-25-23-20-17-14-11-8-5-2/h7,10,15-16,18-19,24,26,29-30,52H,4-6,8-9,11-14,17,20-23,25,27-28,31-51H2,1-3H3/b10-7-,18-15-,19-16-,26-24-,30-29-. The topological polar surface area (TPSA) is 78.9 Å². The Bertz CT molecular complexity index is 1120. The van der Waals surface area contributed by atoms with Crippen LogP contribution in [0.2, 0.25) is 0 Å². The van der Waals surface area contributed by atoms with Crippen molar-refractivity contribution in [3.63, 3.8) is 0 Å². The van der Waals surface area contributed by atoms with E-state index in [0.29, 0.717) is 19.3 Å². The molecule has 61 heavy (non-hydrogen) atoms. The van der Waals surface area contributed by atoms with Crippen molar-refractivity contribution in [3.05, 3.63) is 60.8 Å². The summed E-state index contributed by atoms with van der Waals surface area (Å²) in [4.78, 5) is 37.9. The van der Waals surface area contributed by atoms with E-state index in [1.807, 2.05) is 0 Å². The van der Waals surface area contributed by atoms with E-state index < -0.39 is 6.10 Å². The summed E-state index contributed by atoms with van der Waals surface area (Å²) in [6.45, 7) is 6.47. The molecule has 0 spiro atoms. The van der Waals surface area contributed by atoms with E-state index in [4.69, 9.17) is 14.2 Å². The summed E-state index contributed by atoms with van der Waals surface area (Å²) in [5.74, 6) is -0.913. The molecule has 0 aliphatic carbocycles. The van der Waals surface area contributed by atoms with E-state index in [1.54, 1.807) is 0 Å². The first-order valence-corrected chi connectivity index (χ1v) is 25.8. The Balaban J connectivity index is 4.40. The third-order valence-electron chi connectivity index (χ3n) is 11.0. The number of allylic oxidation sites excluding steroid dienone is 10. The zero-order chi connectivity index (χ0) is 44.4. The van der Waals surface area contributed by atoms with Crippen LogP contribution in [0.1, 0.15) is 252 Å². The van der Waals surface area contributed by atoms with E-state index in [9.17, 15) is 14.4 Å². The smallest absolute Gasteiger partial charge is 0.306 e. The highest BCUT2D eigenvalue weighted by molar-refractivity contribution is 5.71. The maximum atomic E-state index is 12.8. The van der Waals surface area contributed by atoms with Crippen LogP contribution in [0.15, 0.2) is 60.8 Å². The lowest BCUT2D eigenvalue weighted by Gasteiger charge is -2.18. The lowest BCUT2D eigenvalue weighted by Crippen LogP contribution is -2.30. The fourth-order valence-electron chi connectivity index (χ4n) is 7.12. The van der Waals surface area contributed by atoms with E-state index in [2.05, 4.69) is 81.5 Å². The number of hydrogen-bond acceptors (Lipinski definition) is 6. The van der Waals surface area contributed by atoms with Crippen LogP contribution in [0, 0.1) is 0 Å². The zero-order valence-electron chi connectivity index (χ0n) is 40.2. The van der Waals surface area contributed by atoms with Crippen molar-refractivity contribution < 1.29 is 28.6 Å². The van der Waals surface area contributed by atoms with Gasteiger partial charge in [-0.1, -0.05) is 216 Å². The van der Waals surface area contributed by atoms with Crippen LogP contribution in [-0.2, 0) is 28.6 Å². The van der Waals surface area contributed by atoms with Crippen LogP contribution in [0.3, 0.4) is 0 Å². The van der Waals surface area contributed by atoms with Crippen LogP contribution in [-0.4, -0.2) is 37.2 Å². The minimum Gasteiger partial charge on any atom is -0.462 e. The van der Waals surface area contributed by atoms with Crippen molar-refractivity contribution in [3.8, 4) is 0 Å². The van der Waals surface area contributed by atoms with Gasteiger partial charge in [-0.3, -0.25) is 14.4 Å². The minimum atomic E-state index is -0.784. The number of carbonyl (C=O) groups excluding carboxylic acids is 3. The third kappa shape index (κ3) is 48.0. The van der Waals surface area contributed by atoms with Crippen molar-refractivity contribution in [2.75, 3.05) is 13.2 Å². The predicted molar refractivity (Wildman–Crippen MR) is 261 cm³/mol. The largest absolute Gasteiger partial charge is 0.462 e. The summed E-state index contributed by atoms with van der Waals surface area (Å²) < 4.78 is 16.8. The summed E-state index contributed by atoms with van der Waals surface area (Å²) in [5.41, 5.74) is 0. The fourth-order valence-corrected chi connectivity index (χ4v) is 7.12.